The average molecular weight is 285 g/mol. The predicted molar refractivity (Wildman–Crippen MR) is 62.8 cm³/mol. The van der Waals surface area contributed by atoms with E-state index in [2.05, 4.69) is 31.4 Å². The van der Waals surface area contributed by atoms with Gasteiger partial charge in [0.2, 0.25) is 0 Å². The zero-order valence-corrected chi connectivity index (χ0v) is 10.6. The number of nitrogens with one attached hydrogen (secondary N) is 1. The fourth-order valence-electron chi connectivity index (χ4n) is 1.39. The summed E-state index contributed by atoms with van der Waals surface area (Å²) in [4.78, 5) is 0. The Labute approximate surface area is 102 Å². The molecule has 0 aliphatic heterocycles. The fourth-order valence-corrected chi connectivity index (χ4v) is 1.73. The summed E-state index contributed by atoms with van der Waals surface area (Å²) in [5.41, 5.74) is 0. The topological polar surface area (TPSA) is 55.9 Å². The number of nitrogens with zero attached hydrogens (tertiary/aromatic N) is 3. The molecular weight excluding hydrogens is 272 g/mol. The molecule has 2 aromatic heterocycles. The van der Waals surface area contributed by atoms with Crippen LogP contribution < -0.4 is 5.32 Å². The Bertz CT molecular complexity index is 409. The van der Waals surface area contributed by atoms with Crippen LogP contribution in [-0.4, -0.2) is 21.3 Å². The van der Waals surface area contributed by atoms with Gasteiger partial charge in [0.15, 0.2) is 0 Å². The van der Waals surface area contributed by atoms with E-state index in [-0.39, 0.29) is 0 Å². The van der Waals surface area contributed by atoms with Crippen LogP contribution in [0.15, 0.2) is 27.5 Å². The number of hydrogen-bond donors (Lipinski definition) is 1. The summed E-state index contributed by atoms with van der Waals surface area (Å²) in [7, 11) is 1.94. The predicted octanol–water partition coefficient (Wildman–Crippen LogP) is 1.50. The molecule has 0 aromatic carbocycles. The second-order valence-electron chi connectivity index (χ2n) is 3.48. The van der Waals surface area contributed by atoms with Crippen LogP contribution in [0.5, 0.6) is 0 Å². The summed E-state index contributed by atoms with van der Waals surface area (Å²) in [5, 5.41) is 11.1. The van der Waals surface area contributed by atoms with Gasteiger partial charge in [-0.25, -0.2) is 0 Å². The molecule has 5 nitrogen and oxygen atoms in total. The minimum Gasteiger partial charge on any atom is -0.467 e. The van der Waals surface area contributed by atoms with Crippen LogP contribution in [-0.2, 0) is 20.0 Å². The Morgan fingerprint density at radius 2 is 2.44 bits per heavy atom. The van der Waals surface area contributed by atoms with Crippen molar-refractivity contribution in [3.8, 4) is 0 Å². The van der Waals surface area contributed by atoms with Crippen LogP contribution in [0.1, 0.15) is 11.6 Å². The molecule has 0 radical (unpaired) electrons. The van der Waals surface area contributed by atoms with E-state index in [1.54, 1.807) is 12.6 Å². The van der Waals surface area contributed by atoms with Crippen LogP contribution in [0.4, 0.5) is 0 Å². The van der Waals surface area contributed by atoms with Crippen LogP contribution >= 0.6 is 15.9 Å². The van der Waals surface area contributed by atoms with Gasteiger partial charge in [-0.05, 0) is 22.0 Å². The molecule has 6 heteroatoms. The molecule has 86 valence electrons. The number of halogens is 1. The van der Waals surface area contributed by atoms with Crippen LogP contribution in [0, 0.1) is 0 Å². The lowest BCUT2D eigenvalue weighted by Gasteiger charge is -2.02. The molecule has 0 atom stereocenters. The van der Waals surface area contributed by atoms with E-state index in [9.17, 15) is 0 Å². The third-order valence-electron chi connectivity index (χ3n) is 2.31. The van der Waals surface area contributed by atoms with Crippen LogP contribution in [0.3, 0.4) is 0 Å². The SMILES string of the molecule is Cn1cnnc1CCNCc1occc1Br. The molecule has 2 rings (SSSR count). The van der Waals surface area contributed by atoms with Crippen LogP contribution in [0.2, 0.25) is 0 Å². The highest BCUT2D eigenvalue weighted by Gasteiger charge is 2.03. The Balaban J connectivity index is 1.74. The number of aromatic nitrogens is 3. The van der Waals surface area contributed by atoms with E-state index in [0.717, 1.165) is 29.0 Å². The van der Waals surface area contributed by atoms with Gasteiger partial charge < -0.3 is 14.3 Å². The van der Waals surface area contributed by atoms with E-state index in [0.29, 0.717) is 6.54 Å². The molecule has 0 amide bonds. The van der Waals surface area contributed by atoms with Crippen molar-refractivity contribution in [3.05, 3.63) is 34.7 Å². The van der Waals surface area contributed by atoms with Crippen LogP contribution in [0.25, 0.3) is 0 Å². The Morgan fingerprint density at radius 3 is 3.06 bits per heavy atom. The Kier molecular flexibility index (Phi) is 3.74. The zero-order valence-electron chi connectivity index (χ0n) is 8.98. The molecule has 16 heavy (non-hydrogen) atoms. The second kappa shape index (κ2) is 5.27. The first-order chi connectivity index (χ1) is 7.77. The van der Waals surface area contributed by atoms with Gasteiger partial charge in [-0.2, -0.15) is 0 Å². The van der Waals surface area contributed by atoms with Crippen molar-refractivity contribution in [2.45, 2.75) is 13.0 Å². The molecule has 2 aromatic rings. The summed E-state index contributed by atoms with van der Waals surface area (Å²) in [5.74, 6) is 1.89. The molecule has 0 spiro atoms. The summed E-state index contributed by atoms with van der Waals surface area (Å²) in [6.07, 6.45) is 4.23. The standard InChI is InChI=1S/C10H13BrN4O/c1-15-7-13-14-10(15)2-4-12-6-9-8(11)3-5-16-9/h3,5,7,12H,2,4,6H2,1H3. The average Bonchev–Trinajstić information content (AvgIpc) is 2.84. The molecule has 0 unspecified atom stereocenters. The van der Waals surface area contributed by atoms with E-state index in [4.69, 9.17) is 4.42 Å². The maximum atomic E-state index is 5.28. The molecule has 0 aliphatic carbocycles. The molecular formula is C10H13BrN4O. The Morgan fingerprint density at radius 1 is 1.56 bits per heavy atom. The quantitative estimate of drug-likeness (QED) is 0.846. The first kappa shape index (κ1) is 11.3. The maximum absolute atomic E-state index is 5.28. The highest BCUT2D eigenvalue weighted by Crippen LogP contribution is 2.16. The number of aryl methyl sites for hydroxylation is 1. The van der Waals surface area contributed by atoms with Gasteiger partial charge in [-0.15, -0.1) is 10.2 Å². The molecule has 0 fully saturated rings. The zero-order chi connectivity index (χ0) is 11.4. The summed E-state index contributed by atoms with van der Waals surface area (Å²) in [6, 6.07) is 1.89. The summed E-state index contributed by atoms with van der Waals surface area (Å²) >= 11 is 3.41. The lowest BCUT2D eigenvalue weighted by Crippen LogP contribution is -2.18. The first-order valence-corrected chi connectivity index (χ1v) is 5.82. The second-order valence-corrected chi connectivity index (χ2v) is 4.33. The van der Waals surface area contributed by atoms with Gasteiger partial charge in [0, 0.05) is 20.0 Å². The smallest absolute Gasteiger partial charge is 0.133 e. The van der Waals surface area contributed by atoms with Crippen molar-refractivity contribution in [2.75, 3.05) is 6.54 Å². The molecule has 2 heterocycles. The van der Waals surface area contributed by atoms with E-state index in [1.165, 1.54) is 0 Å². The normalized spacial score (nSPS) is 10.9. The Hall–Kier alpha value is -1.14. The van der Waals surface area contributed by atoms with Gasteiger partial charge >= 0.3 is 0 Å². The largest absolute Gasteiger partial charge is 0.467 e. The maximum Gasteiger partial charge on any atom is 0.133 e. The molecule has 0 saturated carbocycles. The van der Waals surface area contributed by atoms with Gasteiger partial charge in [0.25, 0.3) is 0 Å². The van der Waals surface area contributed by atoms with Crippen molar-refractivity contribution in [1.82, 2.24) is 20.1 Å². The minimum atomic E-state index is 0.714. The highest BCUT2D eigenvalue weighted by atomic mass is 79.9. The lowest BCUT2D eigenvalue weighted by molar-refractivity contribution is 0.480. The lowest BCUT2D eigenvalue weighted by atomic mass is 10.4. The van der Waals surface area contributed by atoms with E-state index < -0.39 is 0 Å². The summed E-state index contributed by atoms with van der Waals surface area (Å²) < 4.78 is 8.20. The van der Waals surface area contributed by atoms with Crippen molar-refractivity contribution in [3.63, 3.8) is 0 Å². The monoisotopic (exact) mass is 284 g/mol. The number of hydrogen-bond acceptors (Lipinski definition) is 4. The van der Waals surface area contributed by atoms with E-state index >= 15 is 0 Å². The van der Waals surface area contributed by atoms with Gasteiger partial charge in [0.05, 0.1) is 17.3 Å². The molecule has 0 bridgehead atoms. The third kappa shape index (κ3) is 2.70. The van der Waals surface area contributed by atoms with Crippen molar-refractivity contribution in [1.29, 1.82) is 0 Å². The van der Waals surface area contributed by atoms with Crippen molar-refractivity contribution >= 4 is 15.9 Å². The fraction of sp³-hybridized carbons (Fsp3) is 0.400. The first-order valence-electron chi connectivity index (χ1n) is 5.03. The summed E-state index contributed by atoms with van der Waals surface area (Å²) in [6.45, 7) is 1.56. The minimum absolute atomic E-state index is 0.714. The molecule has 0 saturated heterocycles. The molecule has 0 aliphatic rings. The van der Waals surface area contributed by atoms with E-state index in [1.807, 2.05) is 17.7 Å². The van der Waals surface area contributed by atoms with Gasteiger partial charge in [0.1, 0.15) is 17.9 Å². The highest BCUT2D eigenvalue weighted by molar-refractivity contribution is 9.10. The van der Waals surface area contributed by atoms with Gasteiger partial charge in [-0.1, -0.05) is 0 Å². The third-order valence-corrected chi connectivity index (χ3v) is 3.01. The van der Waals surface area contributed by atoms with Gasteiger partial charge in [-0.3, -0.25) is 0 Å². The number of furan rings is 1. The van der Waals surface area contributed by atoms with Crippen molar-refractivity contribution in [2.24, 2.45) is 7.05 Å². The number of rotatable bonds is 5. The van der Waals surface area contributed by atoms with Crippen molar-refractivity contribution < 1.29 is 4.42 Å². The molecule has 1 N–H and O–H groups in total.